The molecule has 4 nitrogen and oxygen atoms in total. The number of rotatable bonds is 7. The topological polar surface area (TPSA) is 41.6 Å². The zero-order valence-electron chi connectivity index (χ0n) is 17.5. The molecule has 30 heavy (non-hydrogen) atoms. The molecule has 0 spiro atoms. The minimum absolute atomic E-state index is 0.0758. The summed E-state index contributed by atoms with van der Waals surface area (Å²) < 4.78 is 5.92. The van der Waals surface area contributed by atoms with Crippen molar-refractivity contribution in [3.8, 4) is 5.75 Å². The van der Waals surface area contributed by atoms with E-state index in [1.165, 1.54) is 5.56 Å². The van der Waals surface area contributed by atoms with Gasteiger partial charge in [0.1, 0.15) is 11.9 Å². The summed E-state index contributed by atoms with van der Waals surface area (Å²) in [6, 6.07) is 26.3. The van der Waals surface area contributed by atoms with Gasteiger partial charge in [0.2, 0.25) is 0 Å². The average molecular weight is 401 g/mol. The van der Waals surface area contributed by atoms with Gasteiger partial charge in [0.15, 0.2) is 0 Å². The minimum atomic E-state index is -0.194. The molecule has 3 aromatic rings. The third-order valence-corrected chi connectivity index (χ3v) is 5.73. The lowest BCUT2D eigenvalue weighted by molar-refractivity contribution is 0.0593. The van der Waals surface area contributed by atoms with Crippen molar-refractivity contribution in [3.05, 3.63) is 95.6 Å². The number of hydrogen-bond donors (Lipinski definition) is 1. The number of fused-ring (bicyclic) bond motifs is 1. The zero-order chi connectivity index (χ0) is 20.9. The molecule has 0 saturated heterocycles. The Balaban J connectivity index is 1.49. The van der Waals surface area contributed by atoms with Crippen LogP contribution in [0.15, 0.2) is 78.9 Å². The molecule has 0 radical (unpaired) electrons. The summed E-state index contributed by atoms with van der Waals surface area (Å²) in [5.41, 5.74) is 3.93. The number of carbonyl (C=O) groups excluding carboxylic acids is 1. The summed E-state index contributed by atoms with van der Waals surface area (Å²) in [6.07, 6.45) is 1.58. The second-order valence-corrected chi connectivity index (χ2v) is 7.72. The molecule has 1 aliphatic heterocycles. The van der Waals surface area contributed by atoms with E-state index >= 15 is 0 Å². The number of anilines is 1. The van der Waals surface area contributed by atoms with E-state index in [1.54, 1.807) is 0 Å². The van der Waals surface area contributed by atoms with Crippen LogP contribution in [0.4, 0.5) is 5.69 Å². The van der Waals surface area contributed by atoms with Crippen molar-refractivity contribution in [1.82, 2.24) is 4.90 Å². The molecule has 154 valence electrons. The lowest BCUT2D eigenvalue weighted by atomic mass is 10.0. The Bertz CT molecular complexity index is 985. The van der Waals surface area contributed by atoms with Gasteiger partial charge in [-0.1, -0.05) is 61.5 Å². The first-order valence-electron chi connectivity index (χ1n) is 10.6. The smallest absolute Gasteiger partial charge is 0.258 e. The molecule has 2 unspecified atom stereocenters. The molecule has 1 N–H and O–H groups in total. The fraction of sp³-hybridized carbons (Fsp3) is 0.269. The first-order valence-corrected chi connectivity index (χ1v) is 10.6. The van der Waals surface area contributed by atoms with Gasteiger partial charge in [-0.3, -0.25) is 4.79 Å². The van der Waals surface area contributed by atoms with Crippen LogP contribution in [0.3, 0.4) is 0 Å². The molecule has 3 aromatic carbocycles. The van der Waals surface area contributed by atoms with Crippen LogP contribution in [0.25, 0.3) is 0 Å². The molecule has 4 heteroatoms. The highest BCUT2D eigenvalue weighted by Crippen LogP contribution is 2.35. The number of para-hydroxylation sites is 1. The number of amides is 1. The van der Waals surface area contributed by atoms with Gasteiger partial charge >= 0.3 is 0 Å². The van der Waals surface area contributed by atoms with Crippen molar-refractivity contribution < 1.29 is 9.53 Å². The highest BCUT2D eigenvalue weighted by Gasteiger charge is 2.35. The molecule has 1 heterocycles. The van der Waals surface area contributed by atoms with Crippen LogP contribution >= 0.6 is 0 Å². The van der Waals surface area contributed by atoms with E-state index in [0.29, 0.717) is 6.61 Å². The lowest BCUT2D eigenvalue weighted by Crippen LogP contribution is -2.47. The Morgan fingerprint density at radius 1 is 0.967 bits per heavy atom. The number of benzene rings is 3. The third-order valence-electron chi connectivity index (χ3n) is 5.73. The van der Waals surface area contributed by atoms with Crippen LogP contribution in [0.1, 0.15) is 47.9 Å². The quantitative estimate of drug-likeness (QED) is 0.555. The van der Waals surface area contributed by atoms with E-state index in [2.05, 4.69) is 31.3 Å². The molecule has 1 amide bonds. The summed E-state index contributed by atoms with van der Waals surface area (Å²) in [7, 11) is 0. The van der Waals surface area contributed by atoms with Crippen LogP contribution < -0.4 is 10.1 Å². The molecule has 0 bridgehead atoms. The van der Waals surface area contributed by atoms with Gasteiger partial charge in [0.25, 0.3) is 5.91 Å². The van der Waals surface area contributed by atoms with E-state index in [0.717, 1.165) is 35.4 Å². The first kappa shape index (κ1) is 20.0. The van der Waals surface area contributed by atoms with E-state index in [4.69, 9.17) is 4.74 Å². The number of nitrogens with one attached hydrogen (secondary N) is 1. The summed E-state index contributed by atoms with van der Waals surface area (Å²) in [5, 5.41) is 3.56. The molecular weight excluding hydrogens is 372 g/mol. The Morgan fingerprint density at radius 2 is 1.67 bits per heavy atom. The van der Waals surface area contributed by atoms with Crippen LogP contribution in [-0.4, -0.2) is 23.5 Å². The second-order valence-electron chi connectivity index (χ2n) is 7.72. The SMILES string of the molecule is CCC(C)N1C(=O)c2ccccc2NC1c1ccc(OCCc2ccccc2)cc1. The van der Waals surface area contributed by atoms with Crippen molar-refractivity contribution in [2.45, 2.75) is 38.9 Å². The third kappa shape index (κ3) is 4.18. The minimum Gasteiger partial charge on any atom is -0.493 e. The van der Waals surface area contributed by atoms with Crippen molar-refractivity contribution in [2.24, 2.45) is 0 Å². The van der Waals surface area contributed by atoms with Gasteiger partial charge in [0.05, 0.1) is 12.2 Å². The monoisotopic (exact) mass is 400 g/mol. The standard InChI is InChI=1S/C26H28N2O2/c1-3-19(2)28-25(27-24-12-8-7-11-23(24)26(28)29)21-13-15-22(16-14-21)30-18-17-20-9-5-4-6-10-20/h4-16,19,25,27H,3,17-18H2,1-2H3. The van der Waals surface area contributed by atoms with Crippen molar-refractivity contribution >= 4 is 11.6 Å². The van der Waals surface area contributed by atoms with E-state index in [9.17, 15) is 4.79 Å². The maximum Gasteiger partial charge on any atom is 0.258 e. The lowest BCUT2D eigenvalue weighted by Gasteiger charge is -2.41. The molecule has 1 aliphatic rings. The van der Waals surface area contributed by atoms with Gasteiger partial charge in [0, 0.05) is 18.2 Å². The number of nitrogens with zero attached hydrogens (tertiary/aromatic N) is 1. The Labute approximate surface area is 178 Å². The van der Waals surface area contributed by atoms with E-state index in [-0.39, 0.29) is 18.1 Å². The fourth-order valence-electron chi connectivity index (χ4n) is 3.84. The number of hydrogen-bond acceptors (Lipinski definition) is 3. The molecule has 4 rings (SSSR count). The summed E-state index contributed by atoms with van der Waals surface area (Å²) in [5.74, 6) is 0.916. The predicted molar refractivity (Wildman–Crippen MR) is 121 cm³/mol. The predicted octanol–water partition coefficient (Wildman–Crippen LogP) is 5.67. The number of carbonyl (C=O) groups is 1. The number of ether oxygens (including phenoxy) is 1. The summed E-state index contributed by atoms with van der Waals surface area (Å²) >= 11 is 0. The second kappa shape index (κ2) is 9.04. The fourth-order valence-corrected chi connectivity index (χ4v) is 3.84. The highest BCUT2D eigenvalue weighted by atomic mass is 16.5. The van der Waals surface area contributed by atoms with Crippen molar-refractivity contribution in [2.75, 3.05) is 11.9 Å². The average Bonchev–Trinajstić information content (AvgIpc) is 2.80. The van der Waals surface area contributed by atoms with Gasteiger partial charge in [-0.15, -0.1) is 0 Å². The maximum atomic E-state index is 13.2. The van der Waals surface area contributed by atoms with Gasteiger partial charge in [-0.25, -0.2) is 0 Å². The Hall–Kier alpha value is -3.27. The molecule has 0 fully saturated rings. The van der Waals surface area contributed by atoms with E-state index < -0.39 is 0 Å². The zero-order valence-corrected chi connectivity index (χ0v) is 17.5. The molecular formula is C26H28N2O2. The Kier molecular flexibility index (Phi) is 6.03. The van der Waals surface area contributed by atoms with Crippen molar-refractivity contribution in [1.29, 1.82) is 0 Å². The highest BCUT2D eigenvalue weighted by molar-refractivity contribution is 6.01. The first-order chi connectivity index (χ1) is 14.7. The van der Waals surface area contributed by atoms with E-state index in [1.807, 2.05) is 71.6 Å². The molecule has 0 aromatic heterocycles. The molecule has 2 atom stereocenters. The van der Waals surface area contributed by atoms with Crippen LogP contribution in [0, 0.1) is 0 Å². The van der Waals surface area contributed by atoms with Gasteiger partial charge in [-0.05, 0) is 48.7 Å². The maximum absolute atomic E-state index is 13.2. The largest absolute Gasteiger partial charge is 0.493 e. The molecule has 0 aliphatic carbocycles. The van der Waals surface area contributed by atoms with Gasteiger partial charge in [-0.2, -0.15) is 0 Å². The van der Waals surface area contributed by atoms with Crippen LogP contribution in [-0.2, 0) is 6.42 Å². The molecule has 0 saturated carbocycles. The summed E-state index contributed by atoms with van der Waals surface area (Å²) in [4.78, 5) is 15.2. The van der Waals surface area contributed by atoms with Crippen molar-refractivity contribution in [3.63, 3.8) is 0 Å². The van der Waals surface area contributed by atoms with Crippen LogP contribution in [0.2, 0.25) is 0 Å². The normalized spacial score (nSPS) is 16.5. The van der Waals surface area contributed by atoms with Gasteiger partial charge < -0.3 is 15.0 Å². The van der Waals surface area contributed by atoms with Crippen LogP contribution in [0.5, 0.6) is 5.75 Å². The Morgan fingerprint density at radius 3 is 2.40 bits per heavy atom. The summed E-state index contributed by atoms with van der Waals surface area (Å²) in [6.45, 7) is 4.84.